The lowest BCUT2D eigenvalue weighted by atomic mass is 9.98. The monoisotopic (exact) mass is 281 g/mol. The maximum absolute atomic E-state index is 12.5. The Hall–Kier alpha value is -1.55. The van der Waals surface area contributed by atoms with E-state index in [-0.39, 0.29) is 5.91 Å². The quantitative estimate of drug-likeness (QED) is 0.907. The molecule has 1 aromatic rings. The number of nitrogens with zero attached hydrogens (tertiary/aromatic N) is 1. The van der Waals surface area contributed by atoms with Crippen LogP contribution in [0.25, 0.3) is 0 Å². The van der Waals surface area contributed by atoms with E-state index >= 15 is 0 Å². The maximum Gasteiger partial charge on any atom is 0.329 e. The van der Waals surface area contributed by atoms with Crippen molar-refractivity contribution in [2.75, 3.05) is 6.54 Å². The molecule has 1 heterocycles. The van der Waals surface area contributed by atoms with Gasteiger partial charge in [0.2, 0.25) is 0 Å². The maximum atomic E-state index is 12.5. The molecule has 102 valence electrons. The second-order valence-electron chi connectivity index (χ2n) is 5.08. The van der Waals surface area contributed by atoms with Gasteiger partial charge < -0.3 is 10.0 Å². The van der Waals surface area contributed by atoms with Gasteiger partial charge in [0, 0.05) is 6.54 Å². The Labute approximate surface area is 117 Å². The predicted molar refractivity (Wildman–Crippen MR) is 72.5 cm³/mol. The molecule has 4 nitrogen and oxygen atoms in total. The Morgan fingerprint density at radius 1 is 1.42 bits per heavy atom. The molecule has 1 atom stereocenters. The summed E-state index contributed by atoms with van der Waals surface area (Å²) in [6.45, 7) is 3.86. The Balaban J connectivity index is 2.39. The minimum absolute atomic E-state index is 0.309. The fourth-order valence-corrected chi connectivity index (χ4v) is 2.68. The lowest BCUT2D eigenvalue weighted by Crippen LogP contribution is -2.50. The molecule has 0 bridgehead atoms. The highest BCUT2D eigenvalue weighted by Crippen LogP contribution is 2.32. The molecule has 1 aromatic carbocycles. The standard InChI is InChI=1S/C14H16ClNO3/c1-9-5-3-6-10(11(9)15)12(17)16-8-4-7-14(16,2)13(18)19/h3,5-6H,4,7-8H2,1-2H3,(H,18,19). The highest BCUT2D eigenvalue weighted by molar-refractivity contribution is 6.34. The summed E-state index contributed by atoms with van der Waals surface area (Å²) in [7, 11) is 0. The number of carboxylic acid groups (broad SMARTS) is 1. The normalized spacial score (nSPS) is 22.6. The molecule has 19 heavy (non-hydrogen) atoms. The van der Waals surface area contributed by atoms with E-state index in [0.717, 1.165) is 5.56 Å². The number of carboxylic acids is 1. The number of halogens is 1. The summed E-state index contributed by atoms with van der Waals surface area (Å²) in [5.41, 5.74) is 0.0456. The number of amides is 1. The van der Waals surface area contributed by atoms with Crippen LogP contribution in [0.5, 0.6) is 0 Å². The minimum Gasteiger partial charge on any atom is -0.480 e. The van der Waals surface area contributed by atoms with E-state index in [0.29, 0.717) is 30.0 Å². The first-order valence-electron chi connectivity index (χ1n) is 6.18. The molecular weight excluding hydrogens is 266 g/mol. The van der Waals surface area contributed by atoms with Crippen LogP contribution < -0.4 is 0 Å². The van der Waals surface area contributed by atoms with Crippen molar-refractivity contribution in [1.82, 2.24) is 4.90 Å². The number of benzene rings is 1. The zero-order chi connectivity index (χ0) is 14.2. The zero-order valence-electron chi connectivity index (χ0n) is 10.9. The molecule has 1 unspecified atom stereocenters. The van der Waals surface area contributed by atoms with E-state index in [1.54, 1.807) is 19.1 Å². The fourth-order valence-electron chi connectivity index (χ4n) is 2.47. The van der Waals surface area contributed by atoms with Gasteiger partial charge in [-0.25, -0.2) is 4.79 Å². The van der Waals surface area contributed by atoms with Gasteiger partial charge in [0.1, 0.15) is 5.54 Å². The highest BCUT2D eigenvalue weighted by atomic mass is 35.5. The van der Waals surface area contributed by atoms with Crippen LogP contribution in [-0.2, 0) is 4.79 Å². The molecule has 0 aromatic heterocycles. The summed E-state index contributed by atoms with van der Waals surface area (Å²) >= 11 is 6.14. The number of likely N-dealkylation sites (tertiary alicyclic amines) is 1. The molecule has 1 aliphatic heterocycles. The Bertz CT molecular complexity index is 543. The molecule has 5 heteroatoms. The van der Waals surface area contributed by atoms with Gasteiger partial charge >= 0.3 is 5.97 Å². The number of aryl methyl sites for hydroxylation is 1. The molecular formula is C14H16ClNO3. The summed E-state index contributed by atoms with van der Waals surface area (Å²) in [4.78, 5) is 25.3. The first-order chi connectivity index (χ1) is 8.88. The van der Waals surface area contributed by atoms with E-state index in [9.17, 15) is 14.7 Å². The molecule has 0 saturated carbocycles. The van der Waals surface area contributed by atoms with Crippen molar-refractivity contribution < 1.29 is 14.7 Å². The SMILES string of the molecule is Cc1cccc(C(=O)N2CCCC2(C)C(=O)O)c1Cl. The van der Waals surface area contributed by atoms with E-state index in [2.05, 4.69) is 0 Å². The molecule has 0 spiro atoms. The number of carbonyl (C=O) groups excluding carboxylic acids is 1. The smallest absolute Gasteiger partial charge is 0.329 e. The fraction of sp³-hybridized carbons (Fsp3) is 0.429. The molecule has 0 radical (unpaired) electrons. The van der Waals surface area contributed by atoms with Crippen molar-refractivity contribution in [2.24, 2.45) is 0 Å². The van der Waals surface area contributed by atoms with Crippen LogP contribution >= 0.6 is 11.6 Å². The number of carbonyl (C=O) groups is 2. The van der Waals surface area contributed by atoms with Crippen molar-refractivity contribution in [3.05, 3.63) is 34.3 Å². The summed E-state index contributed by atoms with van der Waals surface area (Å²) in [5.74, 6) is -1.28. The van der Waals surface area contributed by atoms with Crippen molar-refractivity contribution >= 4 is 23.5 Å². The van der Waals surface area contributed by atoms with E-state index in [1.165, 1.54) is 4.90 Å². The zero-order valence-corrected chi connectivity index (χ0v) is 11.7. The van der Waals surface area contributed by atoms with Crippen molar-refractivity contribution in [1.29, 1.82) is 0 Å². The first kappa shape index (κ1) is 13.9. The summed E-state index contributed by atoms with van der Waals surface area (Å²) in [6, 6.07) is 5.21. The third-order valence-corrected chi connectivity index (χ3v) is 4.27. The third kappa shape index (κ3) is 2.21. The van der Waals surface area contributed by atoms with Gasteiger partial charge in [-0.3, -0.25) is 4.79 Å². The van der Waals surface area contributed by atoms with Gasteiger partial charge in [0.25, 0.3) is 5.91 Å². The average Bonchev–Trinajstić information content (AvgIpc) is 2.75. The lowest BCUT2D eigenvalue weighted by molar-refractivity contribution is -0.147. The van der Waals surface area contributed by atoms with Crippen LogP contribution in [0.1, 0.15) is 35.7 Å². The molecule has 1 aliphatic rings. The topological polar surface area (TPSA) is 57.6 Å². The Kier molecular flexibility index (Phi) is 3.54. The van der Waals surface area contributed by atoms with E-state index in [4.69, 9.17) is 11.6 Å². The molecule has 0 aliphatic carbocycles. The number of aliphatic carboxylic acids is 1. The second-order valence-corrected chi connectivity index (χ2v) is 5.45. The summed E-state index contributed by atoms with van der Waals surface area (Å²) in [5, 5.41) is 9.73. The molecule has 2 rings (SSSR count). The van der Waals surface area contributed by atoms with Gasteiger partial charge in [-0.05, 0) is 38.3 Å². The van der Waals surface area contributed by atoms with Crippen LogP contribution in [0, 0.1) is 6.92 Å². The van der Waals surface area contributed by atoms with Crippen LogP contribution in [-0.4, -0.2) is 34.0 Å². The van der Waals surface area contributed by atoms with Gasteiger partial charge in [-0.15, -0.1) is 0 Å². The van der Waals surface area contributed by atoms with Crippen LogP contribution in [0.2, 0.25) is 5.02 Å². The lowest BCUT2D eigenvalue weighted by Gasteiger charge is -2.31. The third-order valence-electron chi connectivity index (χ3n) is 3.77. The molecule has 1 saturated heterocycles. The number of hydrogen-bond acceptors (Lipinski definition) is 2. The first-order valence-corrected chi connectivity index (χ1v) is 6.56. The van der Waals surface area contributed by atoms with Crippen molar-refractivity contribution in [2.45, 2.75) is 32.2 Å². The van der Waals surface area contributed by atoms with Crippen molar-refractivity contribution in [3.63, 3.8) is 0 Å². The summed E-state index contributed by atoms with van der Waals surface area (Å²) < 4.78 is 0. The average molecular weight is 282 g/mol. The molecule has 1 N–H and O–H groups in total. The van der Waals surface area contributed by atoms with Gasteiger partial charge in [0.15, 0.2) is 0 Å². The summed E-state index contributed by atoms with van der Waals surface area (Å²) in [6.07, 6.45) is 1.16. The molecule has 1 amide bonds. The van der Waals surface area contributed by atoms with E-state index < -0.39 is 11.5 Å². The van der Waals surface area contributed by atoms with Crippen LogP contribution in [0.15, 0.2) is 18.2 Å². The van der Waals surface area contributed by atoms with Crippen LogP contribution in [0.4, 0.5) is 0 Å². The van der Waals surface area contributed by atoms with Crippen molar-refractivity contribution in [3.8, 4) is 0 Å². The van der Waals surface area contributed by atoms with Crippen LogP contribution in [0.3, 0.4) is 0 Å². The number of hydrogen-bond donors (Lipinski definition) is 1. The van der Waals surface area contributed by atoms with Gasteiger partial charge in [0.05, 0.1) is 10.6 Å². The van der Waals surface area contributed by atoms with Gasteiger partial charge in [-0.2, -0.15) is 0 Å². The predicted octanol–water partition coefficient (Wildman–Crippen LogP) is 2.73. The Morgan fingerprint density at radius 2 is 2.11 bits per heavy atom. The number of rotatable bonds is 2. The highest BCUT2D eigenvalue weighted by Gasteiger charge is 2.46. The Morgan fingerprint density at radius 3 is 2.74 bits per heavy atom. The second kappa shape index (κ2) is 4.85. The largest absolute Gasteiger partial charge is 0.480 e. The molecule has 1 fully saturated rings. The van der Waals surface area contributed by atoms with E-state index in [1.807, 2.05) is 13.0 Å². The van der Waals surface area contributed by atoms with Gasteiger partial charge in [-0.1, -0.05) is 23.7 Å². The minimum atomic E-state index is -1.13.